The van der Waals surface area contributed by atoms with Crippen LogP contribution in [0, 0.1) is 5.82 Å². The van der Waals surface area contributed by atoms with Crippen LogP contribution in [0.5, 0.6) is 11.5 Å². The van der Waals surface area contributed by atoms with E-state index in [-0.39, 0.29) is 44.1 Å². The molecule has 0 spiro atoms. The summed E-state index contributed by atoms with van der Waals surface area (Å²) >= 11 is 18.7. The molecule has 4 rings (SSSR count). The predicted molar refractivity (Wildman–Crippen MR) is 137 cm³/mol. The molecule has 6 nitrogen and oxygen atoms in total. The van der Waals surface area contributed by atoms with Gasteiger partial charge in [0.1, 0.15) is 5.82 Å². The van der Waals surface area contributed by atoms with E-state index in [9.17, 15) is 18.8 Å². The molecule has 1 saturated heterocycles. The fraction of sp³-hybridized carbons (Fsp3) is 0.0800. The van der Waals surface area contributed by atoms with Gasteiger partial charge in [-0.15, -0.1) is 0 Å². The Balaban J connectivity index is 1.65. The average Bonchev–Trinajstić information content (AvgIpc) is 3.09. The number of amides is 2. The van der Waals surface area contributed by atoms with Crippen LogP contribution < -0.4 is 9.47 Å². The molecule has 3 aromatic carbocycles. The summed E-state index contributed by atoms with van der Waals surface area (Å²) in [4.78, 5) is 39.4. The molecule has 36 heavy (non-hydrogen) atoms. The Hall–Kier alpha value is -3.04. The first-order chi connectivity index (χ1) is 17.2. The van der Waals surface area contributed by atoms with Crippen molar-refractivity contribution >= 4 is 69.8 Å². The van der Waals surface area contributed by atoms with Crippen molar-refractivity contribution in [2.45, 2.75) is 6.54 Å². The van der Waals surface area contributed by atoms with E-state index < -0.39 is 22.9 Å². The summed E-state index contributed by atoms with van der Waals surface area (Å²) in [6, 6.07) is 13.2. The molecule has 0 unspecified atom stereocenters. The van der Waals surface area contributed by atoms with Crippen LogP contribution in [0.15, 0.2) is 59.5 Å². The summed E-state index contributed by atoms with van der Waals surface area (Å²) < 4.78 is 25.1. The summed E-state index contributed by atoms with van der Waals surface area (Å²) in [5.41, 5.74) is 0.390. The summed E-state index contributed by atoms with van der Waals surface area (Å²) in [7, 11) is 1.39. The summed E-state index contributed by atoms with van der Waals surface area (Å²) in [5.74, 6) is -1.84. The highest BCUT2D eigenvalue weighted by Crippen LogP contribution is 2.39. The molecule has 0 aromatic heterocycles. The molecule has 11 heteroatoms. The number of halogens is 4. The summed E-state index contributed by atoms with van der Waals surface area (Å²) in [6.45, 7) is -0.331. The number of esters is 1. The highest BCUT2D eigenvalue weighted by atomic mass is 35.5. The maximum Gasteiger partial charge on any atom is 0.345 e. The van der Waals surface area contributed by atoms with Crippen molar-refractivity contribution in [2.24, 2.45) is 0 Å². The second-order valence-electron chi connectivity index (χ2n) is 7.36. The lowest BCUT2D eigenvalue weighted by atomic mass is 10.1. The molecule has 0 bridgehead atoms. The van der Waals surface area contributed by atoms with Gasteiger partial charge in [0, 0.05) is 21.2 Å². The topological polar surface area (TPSA) is 72.9 Å². The number of benzene rings is 3. The number of hydrogen-bond acceptors (Lipinski definition) is 6. The van der Waals surface area contributed by atoms with Crippen molar-refractivity contribution in [1.82, 2.24) is 4.90 Å². The number of ether oxygens (including phenoxy) is 2. The van der Waals surface area contributed by atoms with Crippen LogP contribution in [0.4, 0.5) is 9.18 Å². The van der Waals surface area contributed by atoms with E-state index in [0.29, 0.717) is 22.3 Å². The van der Waals surface area contributed by atoms with Gasteiger partial charge in [-0.3, -0.25) is 14.5 Å². The van der Waals surface area contributed by atoms with E-state index >= 15 is 0 Å². The largest absolute Gasteiger partial charge is 0.493 e. The number of hydrogen-bond donors (Lipinski definition) is 0. The Morgan fingerprint density at radius 2 is 1.81 bits per heavy atom. The van der Waals surface area contributed by atoms with Gasteiger partial charge in [-0.25, -0.2) is 9.18 Å². The zero-order valence-electron chi connectivity index (χ0n) is 18.4. The molecule has 0 atom stereocenters. The zero-order chi connectivity index (χ0) is 26.0. The van der Waals surface area contributed by atoms with Crippen molar-refractivity contribution in [2.75, 3.05) is 7.11 Å². The van der Waals surface area contributed by atoms with Gasteiger partial charge in [0.05, 0.1) is 29.1 Å². The number of nitrogens with zero attached hydrogens (tertiary/aromatic N) is 1. The second-order valence-corrected chi connectivity index (χ2v) is 9.60. The number of carbonyl (C=O) groups excluding carboxylic acids is 3. The Labute approximate surface area is 224 Å². The Kier molecular flexibility index (Phi) is 7.90. The minimum absolute atomic E-state index is 0.0139. The Morgan fingerprint density at radius 3 is 2.50 bits per heavy atom. The molecular weight excluding hydrogens is 552 g/mol. The van der Waals surface area contributed by atoms with E-state index in [1.54, 1.807) is 18.2 Å². The minimum Gasteiger partial charge on any atom is -0.493 e. The third-order valence-electron chi connectivity index (χ3n) is 5.11. The number of rotatable bonds is 6. The van der Waals surface area contributed by atoms with Gasteiger partial charge in [0.25, 0.3) is 11.1 Å². The lowest BCUT2D eigenvalue weighted by Gasteiger charge is -2.14. The van der Waals surface area contributed by atoms with E-state index in [2.05, 4.69) is 0 Å². The van der Waals surface area contributed by atoms with Gasteiger partial charge >= 0.3 is 5.97 Å². The molecule has 1 aliphatic rings. The van der Waals surface area contributed by atoms with Gasteiger partial charge < -0.3 is 9.47 Å². The van der Waals surface area contributed by atoms with Crippen molar-refractivity contribution in [3.05, 3.63) is 97.1 Å². The van der Waals surface area contributed by atoms with Crippen molar-refractivity contribution in [3.8, 4) is 11.5 Å². The second kappa shape index (κ2) is 10.9. The van der Waals surface area contributed by atoms with Crippen LogP contribution in [0.1, 0.15) is 21.5 Å². The van der Waals surface area contributed by atoms with Crippen LogP contribution in [0.2, 0.25) is 15.1 Å². The van der Waals surface area contributed by atoms with Crippen LogP contribution in [-0.2, 0) is 11.3 Å². The van der Waals surface area contributed by atoms with Crippen molar-refractivity contribution in [1.29, 1.82) is 0 Å². The van der Waals surface area contributed by atoms with Crippen LogP contribution in [0.3, 0.4) is 0 Å². The monoisotopic (exact) mass is 565 g/mol. The fourth-order valence-corrected chi connectivity index (χ4v) is 4.88. The SMILES string of the molecule is COc1cccc(/C=C2\SC(=O)N(Cc3c(F)cccc3Cl)C2=O)c1OC(=O)c1ccc(Cl)cc1Cl. The van der Waals surface area contributed by atoms with Gasteiger partial charge in [-0.1, -0.05) is 53.0 Å². The summed E-state index contributed by atoms with van der Waals surface area (Å²) in [5, 5.41) is -0.0559. The third kappa shape index (κ3) is 5.37. The first-order valence-corrected chi connectivity index (χ1v) is 12.2. The standard InChI is InChI=1S/C25H15Cl3FNO5S/c1-34-20-7-2-4-13(22(20)35-24(32)15-9-8-14(26)11-18(15)28)10-21-23(31)30(25(33)36-21)12-16-17(27)5-3-6-19(16)29/h2-11H,12H2,1H3/b21-10-. The van der Waals surface area contributed by atoms with Crippen molar-refractivity contribution in [3.63, 3.8) is 0 Å². The minimum atomic E-state index is -0.780. The summed E-state index contributed by atoms with van der Waals surface area (Å²) in [6.07, 6.45) is 1.39. The third-order valence-corrected chi connectivity index (χ3v) is 6.92. The van der Waals surface area contributed by atoms with Crippen LogP contribution >= 0.6 is 46.6 Å². The van der Waals surface area contributed by atoms with Gasteiger partial charge in [-0.05, 0) is 54.2 Å². The number of imide groups is 1. The molecule has 1 heterocycles. The van der Waals surface area contributed by atoms with Crippen LogP contribution in [-0.4, -0.2) is 29.1 Å². The lowest BCUT2D eigenvalue weighted by molar-refractivity contribution is -0.123. The normalized spacial score (nSPS) is 14.5. The fourth-order valence-electron chi connectivity index (χ4n) is 3.34. The molecule has 0 N–H and O–H groups in total. The molecule has 2 amide bonds. The van der Waals surface area contributed by atoms with Gasteiger partial charge in [-0.2, -0.15) is 0 Å². The maximum atomic E-state index is 14.2. The highest BCUT2D eigenvalue weighted by molar-refractivity contribution is 8.18. The first-order valence-electron chi connectivity index (χ1n) is 10.2. The predicted octanol–water partition coefficient (Wildman–Crippen LogP) is 7.25. The lowest BCUT2D eigenvalue weighted by Crippen LogP contribution is -2.28. The highest BCUT2D eigenvalue weighted by Gasteiger charge is 2.36. The molecule has 1 aliphatic heterocycles. The molecule has 0 saturated carbocycles. The molecule has 0 aliphatic carbocycles. The van der Waals surface area contributed by atoms with Gasteiger partial charge in [0.15, 0.2) is 11.5 Å². The quantitative estimate of drug-likeness (QED) is 0.178. The molecule has 3 aromatic rings. The van der Waals surface area contributed by atoms with Crippen LogP contribution in [0.25, 0.3) is 6.08 Å². The van der Waals surface area contributed by atoms with Gasteiger partial charge in [0.2, 0.25) is 0 Å². The zero-order valence-corrected chi connectivity index (χ0v) is 21.5. The van der Waals surface area contributed by atoms with Crippen molar-refractivity contribution < 1.29 is 28.2 Å². The van der Waals surface area contributed by atoms with E-state index in [0.717, 1.165) is 4.90 Å². The Bertz CT molecular complexity index is 1410. The molecule has 184 valence electrons. The molecule has 0 radical (unpaired) electrons. The van der Waals surface area contributed by atoms with E-state index in [1.807, 2.05) is 0 Å². The first kappa shape index (κ1) is 26.0. The molecule has 1 fully saturated rings. The Morgan fingerprint density at radius 1 is 1.06 bits per heavy atom. The maximum absolute atomic E-state index is 14.2. The number of thioether (sulfide) groups is 1. The number of carbonyl (C=O) groups is 3. The van der Waals surface area contributed by atoms with E-state index in [4.69, 9.17) is 44.3 Å². The van der Waals surface area contributed by atoms with E-state index in [1.165, 1.54) is 49.6 Å². The smallest absolute Gasteiger partial charge is 0.345 e. The molecular formula is C25H15Cl3FNO5S. The number of para-hydroxylation sites is 1. The average molecular weight is 567 g/mol. The number of methoxy groups -OCH3 is 1.